The summed E-state index contributed by atoms with van der Waals surface area (Å²) in [5, 5.41) is 19.5. The van der Waals surface area contributed by atoms with E-state index in [-0.39, 0.29) is 11.6 Å². The highest BCUT2D eigenvalue weighted by molar-refractivity contribution is 6.30. The minimum atomic E-state index is -0.523. The monoisotopic (exact) mass is 404 g/mol. The number of aryl methyl sites for hydroxylation is 2. The van der Waals surface area contributed by atoms with Gasteiger partial charge in [0, 0.05) is 23.0 Å². The fourth-order valence-electron chi connectivity index (χ4n) is 3.18. The molecule has 144 valence electrons. The molecular weight excluding hydrogens is 388 g/mol. The van der Waals surface area contributed by atoms with Crippen LogP contribution >= 0.6 is 11.6 Å². The summed E-state index contributed by atoms with van der Waals surface area (Å²) in [4.78, 5) is 17.1. The van der Waals surface area contributed by atoms with E-state index >= 15 is 0 Å². The number of aromatic nitrogens is 2. The van der Waals surface area contributed by atoms with Crippen molar-refractivity contribution in [1.29, 1.82) is 0 Å². The highest BCUT2D eigenvalue weighted by Gasteiger charge is 2.15. The topological polar surface area (TPSA) is 79.8 Å². The van der Waals surface area contributed by atoms with Gasteiger partial charge in [-0.1, -0.05) is 41.9 Å². The van der Waals surface area contributed by atoms with Crippen LogP contribution in [0.3, 0.4) is 0 Å². The van der Waals surface area contributed by atoms with Crippen molar-refractivity contribution in [3.05, 3.63) is 76.9 Å². The van der Waals surface area contributed by atoms with Gasteiger partial charge in [0.2, 0.25) is 5.88 Å². The molecule has 0 aliphatic rings. The third-order valence-corrected chi connectivity index (χ3v) is 5.00. The molecule has 0 bridgehead atoms. The Bertz CT molecular complexity index is 1260. The Hall–Kier alpha value is -3.51. The summed E-state index contributed by atoms with van der Waals surface area (Å²) in [6.45, 7) is 1.75. The van der Waals surface area contributed by atoms with Gasteiger partial charge in [-0.05, 0) is 37.3 Å². The maximum atomic E-state index is 12.6. The van der Waals surface area contributed by atoms with E-state index < -0.39 is 5.91 Å². The summed E-state index contributed by atoms with van der Waals surface area (Å²) in [5.41, 5.74) is 3.60. The SMILES string of the molecule is Cc1nc(-c2ccc(Cl)cc2)ccc1C(=O)N=Nc1c(O)n(C)c2ccccc12. The molecule has 0 aliphatic carbocycles. The van der Waals surface area contributed by atoms with E-state index in [1.807, 2.05) is 36.4 Å². The van der Waals surface area contributed by atoms with Crippen molar-refractivity contribution in [3.8, 4) is 17.1 Å². The van der Waals surface area contributed by atoms with Crippen LogP contribution in [0.5, 0.6) is 5.88 Å². The molecule has 2 aromatic heterocycles. The van der Waals surface area contributed by atoms with Crippen molar-refractivity contribution in [2.45, 2.75) is 6.92 Å². The Morgan fingerprint density at radius 2 is 1.79 bits per heavy atom. The van der Waals surface area contributed by atoms with Gasteiger partial charge >= 0.3 is 0 Å². The molecule has 6 nitrogen and oxygen atoms in total. The van der Waals surface area contributed by atoms with Crippen LogP contribution in [0.1, 0.15) is 16.1 Å². The molecule has 29 heavy (non-hydrogen) atoms. The second-order valence-corrected chi connectivity index (χ2v) is 7.03. The molecule has 1 amide bonds. The molecule has 0 fully saturated rings. The van der Waals surface area contributed by atoms with Gasteiger partial charge in [-0.15, -0.1) is 10.2 Å². The number of hydrogen-bond acceptors (Lipinski definition) is 4. The number of azo groups is 1. The van der Waals surface area contributed by atoms with Gasteiger partial charge < -0.3 is 9.67 Å². The number of pyridine rings is 1. The lowest BCUT2D eigenvalue weighted by Gasteiger charge is -2.05. The number of nitrogens with zero attached hydrogens (tertiary/aromatic N) is 4. The van der Waals surface area contributed by atoms with Crippen molar-refractivity contribution in [2.75, 3.05) is 0 Å². The van der Waals surface area contributed by atoms with Crippen LogP contribution < -0.4 is 0 Å². The van der Waals surface area contributed by atoms with Crippen LogP contribution in [0.2, 0.25) is 5.02 Å². The number of para-hydroxylation sites is 1. The van der Waals surface area contributed by atoms with Gasteiger partial charge in [-0.25, -0.2) is 0 Å². The summed E-state index contributed by atoms with van der Waals surface area (Å²) < 4.78 is 1.60. The van der Waals surface area contributed by atoms with Crippen molar-refractivity contribution in [3.63, 3.8) is 0 Å². The molecule has 2 heterocycles. The van der Waals surface area contributed by atoms with Gasteiger partial charge in [0.1, 0.15) is 0 Å². The van der Waals surface area contributed by atoms with Gasteiger partial charge in [-0.3, -0.25) is 9.78 Å². The molecule has 0 atom stereocenters. The van der Waals surface area contributed by atoms with Crippen LogP contribution in [-0.2, 0) is 7.05 Å². The zero-order valence-corrected chi connectivity index (χ0v) is 16.6. The lowest BCUT2D eigenvalue weighted by Crippen LogP contribution is -2.00. The summed E-state index contributed by atoms with van der Waals surface area (Å²) in [7, 11) is 1.72. The third kappa shape index (κ3) is 3.50. The van der Waals surface area contributed by atoms with E-state index in [0.717, 1.165) is 22.2 Å². The van der Waals surface area contributed by atoms with Gasteiger partial charge in [0.25, 0.3) is 5.91 Å². The van der Waals surface area contributed by atoms with Gasteiger partial charge in [-0.2, -0.15) is 0 Å². The Balaban J connectivity index is 1.64. The minimum Gasteiger partial charge on any atom is -0.493 e. The molecule has 0 saturated carbocycles. The van der Waals surface area contributed by atoms with E-state index in [9.17, 15) is 9.90 Å². The van der Waals surface area contributed by atoms with Crippen LogP contribution in [-0.4, -0.2) is 20.6 Å². The second kappa shape index (κ2) is 7.48. The van der Waals surface area contributed by atoms with E-state index in [1.54, 1.807) is 42.8 Å². The molecule has 1 N–H and O–H groups in total. The van der Waals surface area contributed by atoms with Crippen LogP contribution in [0, 0.1) is 6.92 Å². The zero-order valence-electron chi connectivity index (χ0n) is 15.8. The molecule has 4 rings (SSSR count). The van der Waals surface area contributed by atoms with Crippen molar-refractivity contribution in [2.24, 2.45) is 17.3 Å². The summed E-state index contributed by atoms with van der Waals surface area (Å²) in [6, 6.07) is 18.1. The maximum Gasteiger partial charge on any atom is 0.297 e. The van der Waals surface area contributed by atoms with E-state index in [1.165, 1.54) is 0 Å². The van der Waals surface area contributed by atoms with E-state index in [4.69, 9.17) is 11.6 Å². The number of amides is 1. The lowest BCUT2D eigenvalue weighted by molar-refractivity contribution is 0.0994. The smallest absolute Gasteiger partial charge is 0.297 e. The van der Waals surface area contributed by atoms with Crippen LogP contribution in [0.15, 0.2) is 70.9 Å². The molecule has 0 unspecified atom stereocenters. The predicted octanol–water partition coefficient (Wildman–Crippen LogP) is 5.83. The molecule has 0 aliphatic heterocycles. The molecule has 0 radical (unpaired) electrons. The van der Waals surface area contributed by atoms with E-state index in [0.29, 0.717) is 16.3 Å². The first-order valence-electron chi connectivity index (χ1n) is 8.91. The standard InChI is InChI=1S/C22H17ClN4O2/c1-13-16(11-12-18(24-13)14-7-9-15(23)10-8-14)21(28)26-25-20-17-5-3-4-6-19(17)27(2)22(20)29/h3-12,29H,1-2H3. The maximum absolute atomic E-state index is 12.6. The fraction of sp³-hybridized carbons (Fsp3) is 0.0909. The number of carbonyl (C=O) groups is 1. The zero-order chi connectivity index (χ0) is 20.5. The number of fused-ring (bicyclic) bond motifs is 1. The molecule has 0 saturated heterocycles. The predicted molar refractivity (Wildman–Crippen MR) is 113 cm³/mol. The Morgan fingerprint density at radius 3 is 2.52 bits per heavy atom. The summed E-state index contributed by atoms with van der Waals surface area (Å²) in [5.74, 6) is -0.569. The van der Waals surface area contributed by atoms with Gasteiger partial charge in [0.05, 0.1) is 22.5 Å². The first-order chi connectivity index (χ1) is 14.0. The number of benzene rings is 2. The molecule has 2 aromatic carbocycles. The third-order valence-electron chi connectivity index (χ3n) is 4.75. The van der Waals surface area contributed by atoms with Crippen molar-refractivity contribution in [1.82, 2.24) is 9.55 Å². The van der Waals surface area contributed by atoms with Gasteiger partial charge in [0.15, 0.2) is 5.69 Å². The van der Waals surface area contributed by atoms with Crippen molar-refractivity contribution < 1.29 is 9.90 Å². The molecule has 7 heteroatoms. The average molecular weight is 405 g/mol. The van der Waals surface area contributed by atoms with E-state index in [2.05, 4.69) is 15.2 Å². The number of hydrogen-bond donors (Lipinski definition) is 1. The minimum absolute atomic E-state index is 0.0457. The molecular formula is C22H17ClN4O2. The second-order valence-electron chi connectivity index (χ2n) is 6.59. The highest BCUT2D eigenvalue weighted by Crippen LogP contribution is 2.37. The Labute approximate surface area is 172 Å². The number of rotatable bonds is 3. The number of carbonyl (C=O) groups excluding carboxylic acids is 1. The Morgan fingerprint density at radius 1 is 1.07 bits per heavy atom. The fourth-order valence-corrected chi connectivity index (χ4v) is 3.30. The average Bonchev–Trinajstić information content (AvgIpc) is 2.97. The normalized spacial score (nSPS) is 11.4. The first-order valence-corrected chi connectivity index (χ1v) is 9.29. The Kier molecular flexibility index (Phi) is 4.86. The quantitative estimate of drug-likeness (QED) is 0.436. The van der Waals surface area contributed by atoms with Crippen LogP contribution in [0.4, 0.5) is 5.69 Å². The number of halogens is 1. The molecule has 4 aromatic rings. The summed E-state index contributed by atoms with van der Waals surface area (Å²) in [6.07, 6.45) is 0. The summed E-state index contributed by atoms with van der Waals surface area (Å²) >= 11 is 5.92. The molecule has 0 spiro atoms. The largest absolute Gasteiger partial charge is 0.493 e. The first kappa shape index (κ1) is 18.8. The van der Waals surface area contributed by atoms with Crippen LogP contribution in [0.25, 0.3) is 22.2 Å². The highest BCUT2D eigenvalue weighted by atomic mass is 35.5. The van der Waals surface area contributed by atoms with Crippen molar-refractivity contribution >= 4 is 34.1 Å². The number of aromatic hydroxyl groups is 1. The lowest BCUT2D eigenvalue weighted by atomic mass is 10.1.